The number of benzene rings is 3. The van der Waals surface area contributed by atoms with Crippen molar-refractivity contribution in [2.75, 3.05) is 0 Å². The van der Waals surface area contributed by atoms with Crippen LogP contribution < -0.4 is 15.6 Å². The molecule has 3 nitrogen and oxygen atoms in total. The second kappa shape index (κ2) is 11.3. The molecule has 0 fully saturated rings. The Bertz CT molecular complexity index is 901. The second-order valence-corrected chi connectivity index (χ2v) is 11.0. The van der Waals surface area contributed by atoms with Gasteiger partial charge in [0.25, 0.3) is 0 Å². The minimum absolute atomic E-state index is 0.0199. The molecule has 0 amide bonds. The maximum Gasteiger partial charge on any atom is 0.380 e. The van der Waals surface area contributed by atoms with Crippen molar-refractivity contribution in [1.29, 1.82) is 5.26 Å². The van der Waals surface area contributed by atoms with Crippen LogP contribution in [0.5, 0.6) is 0 Å². The van der Waals surface area contributed by atoms with Gasteiger partial charge in [0.05, 0.1) is 17.7 Å². The van der Waals surface area contributed by atoms with Gasteiger partial charge in [-0.05, 0) is 28.4 Å². The third-order valence-corrected chi connectivity index (χ3v) is 9.37. The highest BCUT2D eigenvalue weighted by atomic mass is 28.4. The van der Waals surface area contributed by atoms with Gasteiger partial charge in [0, 0.05) is 6.42 Å². The third kappa shape index (κ3) is 5.31. The van der Waals surface area contributed by atoms with Crippen molar-refractivity contribution in [3.05, 3.63) is 91.0 Å². The number of nitriles is 1. The standard InChI is InChI=1S/C27H30N2OSi/c1-3-14-23(22-28)21-24(4-2)29-30-31(25-15-8-5-9-16-25,26-17-10-6-11-18-26)27-19-12-7-13-20-27/h5-13,15-20,23H,3-4,14,21H2,1-2H3/b29-24+. The fourth-order valence-electron chi connectivity index (χ4n) is 3.90. The van der Waals surface area contributed by atoms with E-state index >= 15 is 0 Å². The Morgan fingerprint density at radius 3 is 1.65 bits per heavy atom. The van der Waals surface area contributed by atoms with Gasteiger partial charge in [0.2, 0.25) is 0 Å². The first-order chi connectivity index (χ1) is 15.2. The van der Waals surface area contributed by atoms with E-state index in [2.05, 4.69) is 92.7 Å². The molecular weight excluding hydrogens is 396 g/mol. The molecular formula is C27H30N2OSi. The Labute approximate surface area is 187 Å². The van der Waals surface area contributed by atoms with Crippen molar-refractivity contribution >= 4 is 29.6 Å². The smallest absolute Gasteiger partial charge is 0.380 e. The second-order valence-electron chi connectivity index (χ2n) is 7.70. The minimum atomic E-state index is -2.85. The maximum absolute atomic E-state index is 9.53. The Morgan fingerprint density at radius 1 is 0.839 bits per heavy atom. The highest BCUT2D eigenvalue weighted by molar-refractivity contribution is 7.07. The van der Waals surface area contributed by atoms with Crippen LogP contribution in [0.4, 0.5) is 0 Å². The summed E-state index contributed by atoms with van der Waals surface area (Å²) in [6, 6.07) is 33.7. The number of nitrogens with zero attached hydrogens (tertiary/aromatic N) is 2. The van der Waals surface area contributed by atoms with Gasteiger partial charge in [-0.1, -0.05) is 111 Å². The molecule has 3 rings (SSSR count). The van der Waals surface area contributed by atoms with E-state index in [4.69, 9.17) is 9.68 Å². The number of oxime groups is 1. The van der Waals surface area contributed by atoms with E-state index in [9.17, 15) is 5.26 Å². The highest BCUT2D eigenvalue weighted by Gasteiger charge is 2.45. The van der Waals surface area contributed by atoms with Gasteiger partial charge < -0.3 is 4.53 Å². The molecule has 158 valence electrons. The number of hydrogen-bond acceptors (Lipinski definition) is 3. The molecule has 0 aliphatic rings. The summed E-state index contributed by atoms with van der Waals surface area (Å²) in [5.74, 6) is -0.0199. The molecule has 31 heavy (non-hydrogen) atoms. The summed E-state index contributed by atoms with van der Waals surface area (Å²) in [6.45, 7) is 4.20. The largest absolute Gasteiger partial charge is 0.438 e. The molecule has 1 atom stereocenters. The maximum atomic E-state index is 9.53. The molecule has 0 saturated carbocycles. The van der Waals surface area contributed by atoms with Crippen LogP contribution in [-0.4, -0.2) is 14.0 Å². The molecule has 0 bridgehead atoms. The number of rotatable bonds is 10. The van der Waals surface area contributed by atoms with Crippen LogP contribution in [-0.2, 0) is 4.53 Å². The summed E-state index contributed by atoms with van der Waals surface area (Å²) < 4.78 is 6.68. The first-order valence-electron chi connectivity index (χ1n) is 11.0. The molecule has 3 aromatic rings. The summed E-state index contributed by atoms with van der Waals surface area (Å²) in [5.41, 5.74) is 0.944. The van der Waals surface area contributed by atoms with E-state index in [0.29, 0.717) is 6.42 Å². The van der Waals surface area contributed by atoms with E-state index < -0.39 is 8.32 Å². The lowest BCUT2D eigenvalue weighted by atomic mass is 9.98. The van der Waals surface area contributed by atoms with Gasteiger partial charge >= 0.3 is 8.32 Å². The summed E-state index contributed by atoms with van der Waals surface area (Å²) in [7, 11) is -2.85. The van der Waals surface area contributed by atoms with Crippen molar-refractivity contribution in [1.82, 2.24) is 0 Å². The van der Waals surface area contributed by atoms with Crippen molar-refractivity contribution in [2.24, 2.45) is 11.1 Å². The van der Waals surface area contributed by atoms with Gasteiger partial charge in [0.1, 0.15) is 0 Å². The fraction of sp³-hybridized carbons (Fsp3) is 0.259. The van der Waals surface area contributed by atoms with Crippen molar-refractivity contribution < 1.29 is 4.53 Å². The predicted molar refractivity (Wildman–Crippen MR) is 131 cm³/mol. The van der Waals surface area contributed by atoms with E-state index in [1.54, 1.807) is 0 Å². The van der Waals surface area contributed by atoms with Gasteiger partial charge in [-0.15, -0.1) is 5.16 Å². The lowest BCUT2D eigenvalue weighted by Crippen LogP contribution is -2.68. The van der Waals surface area contributed by atoms with Crippen LogP contribution in [0.1, 0.15) is 39.5 Å². The van der Waals surface area contributed by atoms with Crippen molar-refractivity contribution in [3.63, 3.8) is 0 Å². The average molecular weight is 427 g/mol. The number of hydrogen-bond donors (Lipinski definition) is 0. The molecule has 0 N–H and O–H groups in total. The summed E-state index contributed by atoms with van der Waals surface area (Å²) in [6.07, 6.45) is 3.30. The van der Waals surface area contributed by atoms with Crippen LogP contribution >= 0.6 is 0 Å². The minimum Gasteiger partial charge on any atom is -0.438 e. The molecule has 1 unspecified atom stereocenters. The average Bonchev–Trinajstić information content (AvgIpc) is 2.85. The molecule has 4 heteroatoms. The van der Waals surface area contributed by atoms with E-state index in [0.717, 1.165) is 40.5 Å². The molecule has 0 spiro atoms. The highest BCUT2D eigenvalue weighted by Crippen LogP contribution is 2.15. The van der Waals surface area contributed by atoms with E-state index in [-0.39, 0.29) is 5.92 Å². The van der Waals surface area contributed by atoms with Crippen LogP contribution in [0, 0.1) is 17.2 Å². The zero-order chi connectivity index (χ0) is 21.9. The normalized spacial score (nSPS) is 12.7. The van der Waals surface area contributed by atoms with Crippen LogP contribution in [0.15, 0.2) is 96.2 Å². The fourth-order valence-corrected chi connectivity index (χ4v) is 7.47. The van der Waals surface area contributed by atoms with E-state index in [1.807, 2.05) is 18.2 Å². The Kier molecular flexibility index (Phi) is 8.20. The topological polar surface area (TPSA) is 45.4 Å². The van der Waals surface area contributed by atoms with Crippen LogP contribution in [0.3, 0.4) is 0 Å². The van der Waals surface area contributed by atoms with Gasteiger partial charge in [-0.25, -0.2) is 0 Å². The molecule has 3 aromatic carbocycles. The van der Waals surface area contributed by atoms with Crippen molar-refractivity contribution in [3.8, 4) is 6.07 Å². The van der Waals surface area contributed by atoms with E-state index in [1.165, 1.54) is 0 Å². The first-order valence-corrected chi connectivity index (χ1v) is 13.0. The molecule has 0 aromatic heterocycles. The summed E-state index contributed by atoms with van der Waals surface area (Å²) >= 11 is 0. The van der Waals surface area contributed by atoms with Gasteiger partial charge in [-0.3, -0.25) is 0 Å². The van der Waals surface area contributed by atoms with Crippen LogP contribution in [0.2, 0.25) is 0 Å². The lowest BCUT2D eigenvalue weighted by molar-refractivity contribution is 0.344. The third-order valence-electron chi connectivity index (χ3n) is 5.56. The Hall–Kier alpha value is -3.16. The zero-order valence-corrected chi connectivity index (χ0v) is 19.4. The SMILES string of the molecule is CCCC(C#N)C/C(CC)=N/O[Si](c1ccccc1)(c1ccccc1)c1ccccc1. The summed E-state index contributed by atoms with van der Waals surface area (Å²) in [5, 5.41) is 17.7. The molecule has 0 heterocycles. The molecule has 0 saturated heterocycles. The Balaban J connectivity index is 2.13. The molecule has 0 radical (unpaired) electrons. The molecule has 0 aliphatic heterocycles. The van der Waals surface area contributed by atoms with Crippen LogP contribution in [0.25, 0.3) is 0 Å². The van der Waals surface area contributed by atoms with Gasteiger partial charge in [-0.2, -0.15) is 5.26 Å². The first kappa shape index (κ1) is 22.5. The monoisotopic (exact) mass is 426 g/mol. The molecule has 0 aliphatic carbocycles. The van der Waals surface area contributed by atoms with Crippen molar-refractivity contribution in [2.45, 2.75) is 39.5 Å². The predicted octanol–water partition coefficient (Wildman–Crippen LogP) is 4.77. The Morgan fingerprint density at radius 2 is 1.29 bits per heavy atom. The quantitative estimate of drug-likeness (QED) is 0.203. The lowest BCUT2D eigenvalue weighted by Gasteiger charge is -2.30. The van der Waals surface area contributed by atoms with Gasteiger partial charge in [0.15, 0.2) is 0 Å². The summed E-state index contributed by atoms with van der Waals surface area (Å²) in [4.78, 5) is 0. The zero-order valence-electron chi connectivity index (χ0n) is 18.4.